The van der Waals surface area contributed by atoms with Crippen LogP contribution in [0.5, 0.6) is 5.75 Å². The molecule has 1 aromatic rings. The summed E-state index contributed by atoms with van der Waals surface area (Å²) in [4.78, 5) is 11.7. The average Bonchev–Trinajstić information content (AvgIpc) is 2.17. The van der Waals surface area contributed by atoms with E-state index < -0.39 is 0 Å². The number of rotatable bonds is 3. The highest BCUT2D eigenvalue weighted by molar-refractivity contribution is 5.97. The summed E-state index contributed by atoms with van der Waals surface area (Å²) in [6.45, 7) is 5.80. The molecule has 0 bridgehead atoms. The molecule has 0 fully saturated rings. The Morgan fingerprint density at radius 2 is 2.20 bits per heavy atom. The van der Waals surface area contributed by atoms with Crippen molar-refractivity contribution in [3.8, 4) is 5.75 Å². The number of aryl methyl sites for hydroxylation is 1. The summed E-state index contributed by atoms with van der Waals surface area (Å²) in [6, 6.07) is 5.16. The smallest absolute Gasteiger partial charge is 0.255 e. The Morgan fingerprint density at radius 1 is 1.53 bits per heavy atom. The van der Waals surface area contributed by atoms with Crippen molar-refractivity contribution in [3.63, 3.8) is 0 Å². The van der Waals surface area contributed by atoms with E-state index in [1.165, 1.54) is 0 Å². The molecule has 82 valence electrons. The van der Waals surface area contributed by atoms with Gasteiger partial charge < -0.3 is 10.4 Å². The Morgan fingerprint density at radius 3 is 2.73 bits per heavy atom. The van der Waals surface area contributed by atoms with Crippen LogP contribution in [0.2, 0.25) is 0 Å². The highest BCUT2D eigenvalue weighted by Gasteiger charge is 2.12. The minimum atomic E-state index is -0.221. The lowest BCUT2D eigenvalue weighted by Crippen LogP contribution is -2.31. The van der Waals surface area contributed by atoms with E-state index in [4.69, 9.17) is 0 Å². The third-order valence-corrected chi connectivity index (χ3v) is 2.39. The second-order valence-electron chi connectivity index (χ2n) is 3.80. The van der Waals surface area contributed by atoms with Gasteiger partial charge >= 0.3 is 0 Å². The largest absolute Gasteiger partial charge is 0.507 e. The Bertz CT molecular complexity index is 361. The lowest BCUT2D eigenvalue weighted by atomic mass is 10.1. The predicted octanol–water partition coefficient (Wildman–Crippen LogP) is 2.23. The molecule has 2 N–H and O–H groups in total. The lowest BCUT2D eigenvalue weighted by molar-refractivity contribution is 0.0936. The van der Waals surface area contributed by atoms with Gasteiger partial charge in [0.2, 0.25) is 0 Å². The van der Waals surface area contributed by atoms with Crippen LogP contribution < -0.4 is 5.32 Å². The number of aromatic hydroxyl groups is 1. The van der Waals surface area contributed by atoms with Gasteiger partial charge in [0.1, 0.15) is 5.75 Å². The number of phenolic OH excluding ortho intramolecular Hbond substituents is 1. The maximum atomic E-state index is 11.7. The Balaban J connectivity index is 2.82. The SMILES string of the molecule is CCC(C)NC(=O)c1ccc(C)cc1O. The van der Waals surface area contributed by atoms with Crippen molar-refractivity contribution in [3.05, 3.63) is 29.3 Å². The second kappa shape index (κ2) is 4.82. The van der Waals surface area contributed by atoms with E-state index in [0.29, 0.717) is 5.56 Å². The zero-order valence-electron chi connectivity index (χ0n) is 9.37. The average molecular weight is 207 g/mol. The van der Waals surface area contributed by atoms with Crippen LogP contribution >= 0.6 is 0 Å². The van der Waals surface area contributed by atoms with E-state index in [-0.39, 0.29) is 17.7 Å². The van der Waals surface area contributed by atoms with E-state index in [2.05, 4.69) is 5.32 Å². The molecular weight excluding hydrogens is 190 g/mol. The molecule has 1 rings (SSSR count). The lowest BCUT2D eigenvalue weighted by Gasteiger charge is -2.12. The van der Waals surface area contributed by atoms with Gasteiger partial charge in [0, 0.05) is 6.04 Å². The van der Waals surface area contributed by atoms with Crippen molar-refractivity contribution < 1.29 is 9.90 Å². The maximum absolute atomic E-state index is 11.7. The number of carbonyl (C=O) groups excluding carboxylic acids is 1. The predicted molar refractivity (Wildman–Crippen MR) is 60.1 cm³/mol. The molecule has 1 amide bonds. The number of nitrogens with one attached hydrogen (secondary N) is 1. The van der Waals surface area contributed by atoms with Gasteiger partial charge in [-0.3, -0.25) is 4.79 Å². The van der Waals surface area contributed by atoms with E-state index >= 15 is 0 Å². The Kier molecular flexibility index (Phi) is 3.72. The van der Waals surface area contributed by atoms with Crippen LogP contribution in [0.15, 0.2) is 18.2 Å². The molecule has 0 aliphatic rings. The zero-order valence-corrected chi connectivity index (χ0v) is 9.37. The normalized spacial score (nSPS) is 12.2. The fraction of sp³-hybridized carbons (Fsp3) is 0.417. The Hall–Kier alpha value is -1.51. The van der Waals surface area contributed by atoms with Crippen molar-refractivity contribution in [2.45, 2.75) is 33.2 Å². The molecule has 0 heterocycles. The molecular formula is C12H17NO2. The van der Waals surface area contributed by atoms with Crippen LogP contribution in [0.3, 0.4) is 0 Å². The molecule has 1 atom stereocenters. The van der Waals surface area contributed by atoms with Gasteiger partial charge in [-0.15, -0.1) is 0 Å². The first-order valence-corrected chi connectivity index (χ1v) is 5.15. The van der Waals surface area contributed by atoms with Gasteiger partial charge in [-0.2, -0.15) is 0 Å². The van der Waals surface area contributed by atoms with Crippen LogP contribution in [0, 0.1) is 6.92 Å². The third kappa shape index (κ3) is 2.98. The van der Waals surface area contributed by atoms with Crippen molar-refractivity contribution in [1.29, 1.82) is 0 Å². The number of hydrogen-bond donors (Lipinski definition) is 2. The standard InChI is InChI=1S/C12H17NO2/c1-4-9(3)13-12(15)10-6-5-8(2)7-11(10)14/h5-7,9,14H,4H2,1-3H3,(H,13,15). The van der Waals surface area contributed by atoms with Gasteiger partial charge in [-0.05, 0) is 38.0 Å². The number of phenols is 1. The van der Waals surface area contributed by atoms with E-state index in [1.54, 1.807) is 12.1 Å². The first-order valence-electron chi connectivity index (χ1n) is 5.15. The summed E-state index contributed by atoms with van der Waals surface area (Å²) in [5.74, 6) is -0.183. The van der Waals surface area contributed by atoms with E-state index in [9.17, 15) is 9.90 Å². The molecule has 3 heteroatoms. The second-order valence-corrected chi connectivity index (χ2v) is 3.80. The van der Waals surface area contributed by atoms with Crippen LogP contribution in [0.4, 0.5) is 0 Å². The van der Waals surface area contributed by atoms with Gasteiger partial charge in [-0.25, -0.2) is 0 Å². The quantitative estimate of drug-likeness (QED) is 0.798. The third-order valence-electron chi connectivity index (χ3n) is 2.39. The number of hydrogen-bond acceptors (Lipinski definition) is 2. The molecule has 0 aliphatic carbocycles. The van der Waals surface area contributed by atoms with Crippen molar-refractivity contribution in [2.75, 3.05) is 0 Å². The van der Waals surface area contributed by atoms with Gasteiger partial charge in [-0.1, -0.05) is 13.0 Å². The molecule has 3 nitrogen and oxygen atoms in total. The van der Waals surface area contributed by atoms with Crippen molar-refractivity contribution >= 4 is 5.91 Å². The highest BCUT2D eigenvalue weighted by Crippen LogP contribution is 2.18. The molecule has 0 spiro atoms. The fourth-order valence-corrected chi connectivity index (χ4v) is 1.24. The summed E-state index contributed by atoms with van der Waals surface area (Å²) in [7, 11) is 0. The number of benzene rings is 1. The van der Waals surface area contributed by atoms with Crippen LogP contribution in [-0.4, -0.2) is 17.1 Å². The van der Waals surface area contributed by atoms with Gasteiger partial charge in [0.15, 0.2) is 0 Å². The minimum Gasteiger partial charge on any atom is -0.507 e. The molecule has 1 unspecified atom stereocenters. The van der Waals surface area contributed by atoms with Gasteiger partial charge in [0.25, 0.3) is 5.91 Å². The van der Waals surface area contributed by atoms with E-state index in [1.807, 2.05) is 26.8 Å². The Labute approximate surface area is 90.1 Å². The molecule has 1 aromatic carbocycles. The summed E-state index contributed by atoms with van der Waals surface area (Å²) >= 11 is 0. The van der Waals surface area contributed by atoms with Gasteiger partial charge in [0.05, 0.1) is 5.56 Å². The van der Waals surface area contributed by atoms with Crippen LogP contribution in [0.25, 0.3) is 0 Å². The van der Waals surface area contributed by atoms with Crippen LogP contribution in [0.1, 0.15) is 36.2 Å². The molecule has 15 heavy (non-hydrogen) atoms. The van der Waals surface area contributed by atoms with Crippen LogP contribution in [-0.2, 0) is 0 Å². The summed E-state index contributed by atoms with van der Waals surface area (Å²) in [6.07, 6.45) is 0.873. The molecule has 0 aromatic heterocycles. The molecule has 0 aliphatic heterocycles. The maximum Gasteiger partial charge on any atom is 0.255 e. The zero-order chi connectivity index (χ0) is 11.4. The number of amides is 1. The fourth-order valence-electron chi connectivity index (χ4n) is 1.24. The first kappa shape index (κ1) is 11.6. The summed E-state index contributed by atoms with van der Waals surface area (Å²) < 4.78 is 0. The van der Waals surface area contributed by atoms with E-state index in [0.717, 1.165) is 12.0 Å². The molecule has 0 saturated heterocycles. The minimum absolute atomic E-state index is 0.0378. The monoisotopic (exact) mass is 207 g/mol. The topological polar surface area (TPSA) is 49.3 Å². The summed E-state index contributed by atoms with van der Waals surface area (Å²) in [5, 5.41) is 12.4. The summed E-state index contributed by atoms with van der Waals surface area (Å²) in [5.41, 5.74) is 1.27. The van der Waals surface area contributed by atoms with Crippen molar-refractivity contribution in [1.82, 2.24) is 5.32 Å². The molecule has 0 saturated carbocycles. The highest BCUT2D eigenvalue weighted by atomic mass is 16.3. The van der Waals surface area contributed by atoms with Crippen molar-refractivity contribution in [2.24, 2.45) is 0 Å². The number of carbonyl (C=O) groups is 1. The molecule has 0 radical (unpaired) electrons. The first-order chi connectivity index (χ1) is 7.04.